The molecule has 0 bridgehead atoms. The number of amides is 1. The predicted molar refractivity (Wildman–Crippen MR) is 130 cm³/mol. The zero-order chi connectivity index (χ0) is 22.9. The number of anilines is 2. The molecule has 3 aromatic rings. The lowest BCUT2D eigenvalue weighted by atomic mass is 10.1. The van der Waals surface area contributed by atoms with E-state index in [9.17, 15) is 4.79 Å². The van der Waals surface area contributed by atoms with Crippen molar-refractivity contribution in [1.29, 1.82) is 0 Å². The van der Waals surface area contributed by atoms with Crippen LogP contribution in [0.3, 0.4) is 0 Å². The number of benzene rings is 2. The number of hydrogen-bond acceptors (Lipinski definition) is 6. The van der Waals surface area contributed by atoms with E-state index < -0.39 is 0 Å². The normalized spacial score (nSPS) is 13.4. The molecule has 0 saturated carbocycles. The Labute approximate surface area is 194 Å². The number of nitrogens with zero attached hydrogens (tertiary/aromatic N) is 3. The minimum atomic E-state index is -0.222. The van der Waals surface area contributed by atoms with Crippen LogP contribution in [0.2, 0.25) is 0 Å². The lowest BCUT2D eigenvalue weighted by molar-refractivity contribution is -0.118. The van der Waals surface area contributed by atoms with Crippen LogP contribution >= 0.6 is 0 Å². The van der Waals surface area contributed by atoms with Gasteiger partial charge in [0.2, 0.25) is 0 Å². The fourth-order valence-corrected chi connectivity index (χ4v) is 3.69. The highest BCUT2D eigenvalue weighted by molar-refractivity contribution is 5.92. The molecule has 0 atom stereocenters. The van der Waals surface area contributed by atoms with E-state index in [2.05, 4.69) is 27.3 Å². The quantitative estimate of drug-likeness (QED) is 0.502. The molecule has 33 heavy (non-hydrogen) atoms. The summed E-state index contributed by atoms with van der Waals surface area (Å²) >= 11 is 0. The van der Waals surface area contributed by atoms with Crippen LogP contribution in [0.1, 0.15) is 32.6 Å². The molecule has 1 aromatic heterocycles. The zero-order valence-electron chi connectivity index (χ0n) is 19.0. The van der Waals surface area contributed by atoms with Gasteiger partial charge < -0.3 is 19.7 Å². The molecule has 0 spiro atoms. The molecule has 1 N–H and O–H groups in total. The van der Waals surface area contributed by atoms with E-state index in [4.69, 9.17) is 9.47 Å². The predicted octanol–water partition coefficient (Wildman–Crippen LogP) is 4.94. The molecule has 1 aliphatic rings. The van der Waals surface area contributed by atoms with Gasteiger partial charge in [0.1, 0.15) is 11.5 Å². The van der Waals surface area contributed by atoms with E-state index >= 15 is 0 Å². The average Bonchev–Trinajstić information content (AvgIpc) is 2.88. The molecule has 1 fully saturated rings. The summed E-state index contributed by atoms with van der Waals surface area (Å²) in [5.41, 5.74) is 2.46. The summed E-state index contributed by atoms with van der Waals surface area (Å²) in [6.07, 6.45) is 4.67. The minimum Gasteiger partial charge on any atom is -0.494 e. The van der Waals surface area contributed by atoms with Crippen LogP contribution in [0.25, 0.3) is 11.3 Å². The molecule has 1 saturated heterocycles. The van der Waals surface area contributed by atoms with Crippen LogP contribution in [0.5, 0.6) is 11.5 Å². The summed E-state index contributed by atoms with van der Waals surface area (Å²) in [6.45, 7) is 4.76. The van der Waals surface area contributed by atoms with Crippen LogP contribution < -0.4 is 19.7 Å². The van der Waals surface area contributed by atoms with Gasteiger partial charge in [0.25, 0.3) is 5.91 Å². The van der Waals surface area contributed by atoms with E-state index in [1.54, 1.807) is 12.1 Å². The van der Waals surface area contributed by atoms with Crippen molar-refractivity contribution < 1.29 is 14.3 Å². The summed E-state index contributed by atoms with van der Waals surface area (Å²) in [5.74, 6) is 2.13. The van der Waals surface area contributed by atoms with Crippen LogP contribution in [-0.4, -0.2) is 42.4 Å². The maximum absolute atomic E-state index is 12.2. The van der Waals surface area contributed by atoms with Gasteiger partial charge in [-0.1, -0.05) is 19.1 Å². The Morgan fingerprint density at radius 3 is 2.21 bits per heavy atom. The number of piperidine rings is 1. The Balaban J connectivity index is 1.27. The number of nitrogens with one attached hydrogen (secondary N) is 1. The van der Waals surface area contributed by atoms with E-state index in [1.165, 1.54) is 19.3 Å². The summed E-state index contributed by atoms with van der Waals surface area (Å²) in [6, 6.07) is 18.9. The molecule has 1 amide bonds. The fourth-order valence-electron chi connectivity index (χ4n) is 3.69. The molecule has 0 unspecified atom stereocenters. The Morgan fingerprint density at radius 1 is 0.879 bits per heavy atom. The van der Waals surface area contributed by atoms with Crippen molar-refractivity contribution in [2.24, 2.45) is 0 Å². The first kappa shape index (κ1) is 22.6. The van der Waals surface area contributed by atoms with Crippen LogP contribution in [0, 0.1) is 0 Å². The van der Waals surface area contributed by atoms with Crippen molar-refractivity contribution in [3.63, 3.8) is 0 Å². The second-order valence-corrected chi connectivity index (χ2v) is 8.06. The van der Waals surface area contributed by atoms with Gasteiger partial charge in [-0.15, -0.1) is 10.2 Å². The maximum Gasteiger partial charge on any atom is 0.262 e. The molecule has 172 valence electrons. The van der Waals surface area contributed by atoms with Crippen LogP contribution in [0.15, 0.2) is 60.7 Å². The van der Waals surface area contributed by atoms with Crippen molar-refractivity contribution >= 4 is 17.4 Å². The summed E-state index contributed by atoms with van der Waals surface area (Å²) < 4.78 is 11.1. The van der Waals surface area contributed by atoms with Crippen molar-refractivity contribution in [3.05, 3.63) is 60.7 Å². The summed E-state index contributed by atoms with van der Waals surface area (Å²) in [5, 5.41) is 11.6. The van der Waals surface area contributed by atoms with Gasteiger partial charge in [-0.3, -0.25) is 4.79 Å². The van der Waals surface area contributed by atoms with Gasteiger partial charge in [0.15, 0.2) is 12.4 Å². The molecule has 2 heterocycles. The number of carbonyl (C=O) groups excluding carboxylic acids is 1. The number of rotatable bonds is 9. The van der Waals surface area contributed by atoms with E-state index in [1.807, 2.05) is 48.5 Å². The molecule has 0 radical (unpaired) electrons. The van der Waals surface area contributed by atoms with Crippen LogP contribution in [0.4, 0.5) is 11.5 Å². The first-order valence-corrected chi connectivity index (χ1v) is 11.6. The SMILES string of the molecule is CCCOc1ccc(OCC(=O)Nc2ccc(-c3ccc(N4CCCCC4)nn3)cc2)cc1. The lowest BCUT2D eigenvalue weighted by Gasteiger charge is -2.27. The fraction of sp³-hybridized carbons (Fsp3) is 0.346. The average molecular weight is 447 g/mol. The molecule has 0 aliphatic carbocycles. The minimum absolute atomic E-state index is 0.0691. The second kappa shape index (κ2) is 11.3. The summed E-state index contributed by atoms with van der Waals surface area (Å²) in [4.78, 5) is 14.5. The first-order valence-electron chi connectivity index (χ1n) is 11.6. The third kappa shape index (κ3) is 6.44. The Kier molecular flexibility index (Phi) is 7.74. The van der Waals surface area contributed by atoms with Crippen molar-refractivity contribution in [1.82, 2.24) is 10.2 Å². The third-order valence-corrected chi connectivity index (χ3v) is 5.46. The molecule has 2 aromatic carbocycles. The molecular weight excluding hydrogens is 416 g/mol. The Morgan fingerprint density at radius 2 is 1.58 bits per heavy atom. The number of hydrogen-bond donors (Lipinski definition) is 1. The smallest absolute Gasteiger partial charge is 0.262 e. The van der Waals surface area contributed by atoms with Gasteiger partial charge in [-0.25, -0.2) is 0 Å². The number of ether oxygens (including phenoxy) is 2. The largest absolute Gasteiger partial charge is 0.494 e. The van der Waals surface area contributed by atoms with Crippen molar-refractivity contribution in [2.45, 2.75) is 32.6 Å². The lowest BCUT2D eigenvalue weighted by Crippen LogP contribution is -2.30. The molecule has 7 heteroatoms. The van der Waals surface area contributed by atoms with Crippen LogP contribution in [-0.2, 0) is 4.79 Å². The molecule has 1 aliphatic heterocycles. The topological polar surface area (TPSA) is 76.6 Å². The maximum atomic E-state index is 12.2. The molecule has 7 nitrogen and oxygen atoms in total. The van der Waals surface area contributed by atoms with Gasteiger partial charge in [0.05, 0.1) is 12.3 Å². The van der Waals surface area contributed by atoms with E-state index in [0.717, 1.165) is 42.3 Å². The molecule has 4 rings (SSSR count). The van der Waals surface area contributed by atoms with Gasteiger partial charge in [0, 0.05) is 24.3 Å². The van der Waals surface area contributed by atoms with Gasteiger partial charge in [-0.2, -0.15) is 0 Å². The van der Waals surface area contributed by atoms with Gasteiger partial charge in [-0.05, 0) is 74.2 Å². The number of aromatic nitrogens is 2. The van der Waals surface area contributed by atoms with Crippen molar-refractivity contribution in [3.8, 4) is 22.8 Å². The van der Waals surface area contributed by atoms with E-state index in [-0.39, 0.29) is 12.5 Å². The zero-order valence-corrected chi connectivity index (χ0v) is 19.0. The highest BCUT2D eigenvalue weighted by Gasteiger charge is 2.13. The Bertz CT molecular complexity index is 1010. The highest BCUT2D eigenvalue weighted by Crippen LogP contribution is 2.22. The van der Waals surface area contributed by atoms with E-state index in [0.29, 0.717) is 18.0 Å². The van der Waals surface area contributed by atoms with Crippen molar-refractivity contribution in [2.75, 3.05) is 36.5 Å². The number of carbonyl (C=O) groups is 1. The Hall–Kier alpha value is -3.61. The third-order valence-electron chi connectivity index (χ3n) is 5.46. The summed E-state index contributed by atoms with van der Waals surface area (Å²) in [7, 11) is 0. The monoisotopic (exact) mass is 446 g/mol. The second-order valence-electron chi connectivity index (χ2n) is 8.06. The molecular formula is C26H30N4O3. The van der Waals surface area contributed by atoms with Gasteiger partial charge >= 0.3 is 0 Å². The highest BCUT2D eigenvalue weighted by atomic mass is 16.5. The first-order chi connectivity index (χ1) is 16.2. The standard InChI is InChI=1S/C26H30N4O3/c1-2-18-32-22-10-12-23(13-11-22)33-19-26(31)27-21-8-6-20(7-9-21)24-14-15-25(29-28-24)30-16-4-3-5-17-30/h6-15H,2-5,16-19H2,1H3,(H,27,31).